The first kappa shape index (κ1) is 15.5. The lowest BCUT2D eigenvalue weighted by Crippen LogP contribution is -2.26. The Morgan fingerprint density at radius 3 is 2.56 bits per heavy atom. The van der Waals surface area contributed by atoms with Crippen LogP contribution in [0.4, 0.5) is 0 Å². The van der Waals surface area contributed by atoms with E-state index in [0.717, 1.165) is 36.5 Å². The molecule has 1 atom stereocenters. The van der Waals surface area contributed by atoms with Crippen LogP contribution in [0.2, 0.25) is 5.02 Å². The summed E-state index contributed by atoms with van der Waals surface area (Å²) < 4.78 is 1.89. The van der Waals surface area contributed by atoms with E-state index in [4.69, 9.17) is 11.6 Å². The standard InChI is InChI=1S/C14H26ClN3/c1-6-9-16-12(7-8-14(2,3)4)13-11(15)10-17-18(13)5/h10,12,16H,6-9H2,1-5H3. The van der Waals surface area contributed by atoms with Gasteiger partial charge in [0, 0.05) is 7.05 Å². The van der Waals surface area contributed by atoms with Gasteiger partial charge in [0.15, 0.2) is 0 Å². The van der Waals surface area contributed by atoms with E-state index < -0.39 is 0 Å². The van der Waals surface area contributed by atoms with Crippen molar-refractivity contribution in [2.45, 2.75) is 53.0 Å². The number of rotatable bonds is 6. The minimum atomic E-state index is 0.296. The molecule has 0 saturated heterocycles. The quantitative estimate of drug-likeness (QED) is 0.849. The third-order valence-electron chi connectivity index (χ3n) is 3.09. The van der Waals surface area contributed by atoms with Crippen LogP contribution in [-0.2, 0) is 7.05 Å². The average Bonchev–Trinajstić information content (AvgIpc) is 2.59. The molecule has 1 rings (SSSR count). The van der Waals surface area contributed by atoms with E-state index in [-0.39, 0.29) is 0 Å². The molecule has 0 aromatic carbocycles. The van der Waals surface area contributed by atoms with Crippen LogP contribution in [0.25, 0.3) is 0 Å². The van der Waals surface area contributed by atoms with Crippen LogP contribution in [0.15, 0.2) is 6.20 Å². The third-order valence-corrected chi connectivity index (χ3v) is 3.38. The Balaban J connectivity index is 2.78. The number of hydrogen-bond donors (Lipinski definition) is 1. The molecule has 0 aliphatic rings. The predicted octanol–water partition coefficient (Wildman–Crippen LogP) is 3.94. The molecule has 1 heterocycles. The third kappa shape index (κ3) is 4.62. The van der Waals surface area contributed by atoms with Crippen molar-refractivity contribution >= 4 is 11.6 Å². The molecule has 104 valence electrons. The zero-order valence-corrected chi connectivity index (χ0v) is 13.0. The minimum absolute atomic E-state index is 0.296. The summed E-state index contributed by atoms with van der Waals surface area (Å²) in [5.41, 5.74) is 1.45. The van der Waals surface area contributed by atoms with Crippen LogP contribution in [-0.4, -0.2) is 16.3 Å². The Hall–Kier alpha value is -0.540. The molecule has 4 heteroatoms. The van der Waals surface area contributed by atoms with Crippen LogP contribution in [0.1, 0.15) is 58.7 Å². The largest absolute Gasteiger partial charge is 0.309 e. The molecule has 0 aliphatic heterocycles. The van der Waals surface area contributed by atoms with Gasteiger partial charge in [-0.05, 0) is 31.2 Å². The summed E-state index contributed by atoms with van der Waals surface area (Å²) in [5, 5.41) is 8.58. The van der Waals surface area contributed by atoms with Crippen LogP contribution < -0.4 is 5.32 Å². The Labute approximate surface area is 116 Å². The van der Waals surface area contributed by atoms with Gasteiger partial charge in [0.25, 0.3) is 0 Å². The minimum Gasteiger partial charge on any atom is -0.309 e. The molecule has 1 aromatic heterocycles. The van der Waals surface area contributed by atoms with Crippen LogP contribution in [0.5, 0.6) is 0 Å². The molecule has 0 aliphatic carbocycles. The van der Waals surface area contributed by atoms with Gasteiger partial charge in [-0.15, -0.1) is 0 Å². The maximum absolute atomic E-state index is 6.25. The van der Waals surface area contributed by atoms with E-state index in [1.54, 1.807) is 6.20 Å². The molecule has 1 aromatic rings. The van der Waals surface area contributed by atoms with Crippen molar-refractivity contribution < 1.29 is 0 Å². The summed E-state index contributed by atoms with van der Waals surface area (Å²) in [6, 6.07) is 0.296. The lowest BCUT2D eigenvalue weighted by molar-refractivity contribution is 0.326. The maximum atomic E-state index is 6.25. The second-order valence-corrected chi connectivity index (χ2v) is 6.51. The van der Waals surface area contributed by atoms with Gasteiger partial charge in [-0.25, -0.2) is 0 Å². The van der Waals surface area contributed by atoms with E-state index >= 15 is 0 Å². The van der Waals surface area contributed by atoms with Crippen molar-refractivity contribution in [3.8, 4) is 0 Å². The zero-order chi connectivity index (χ0) is 13.8. The van der Waals surface area contributed by atoms with E-state index in [9.17, 15) is 0 Å². The molecule has 1 unspecified atom stereocenters. The lowest BCUT2D eigenvalue weighted by atomic mass is 9.88. The van der Waals surface area contributed by atoms with Crippen molar-refractivity contribution in [3.05, 3.63) is 16.9 Å². The summed E-state index contributed by atoms with van der Waals surface area (Å²) in [6.07, 6.45) is 5.11. The molecule has 0 fully saturated rings. The normalized spacial score (nSPS) is 13.9. The molecular formula is C14H26ClN3. The highest BCUT2D eigenvalue weighted by molar-refractivity contribution is 6.31. The van der Waals surface area contributed by atoms with Crippen molar-refractivity contribution in [1.82, 2.24) is 15.1 Å². The van der Waals surface area contributed by atoms with Gasteiger partial charge >= 0.3 is 0 Å². The second-order valence-electron chi connectivity index (χ2n) is 6.11. The average molecular weight is 272 g/mol. The summed E-state index contributed by atoms with van der Waals surface area (Å²) in [5.74, 6) is 0. The number of nitrogens with one attached hydrogen (secondary N) is 1. The number of nitrogens with zero attached hydrogens (tertiary/aromatic N) is 2. The SMILES string of the molecule is CCCNC(CCC(C)(C)C)c1c(Cl)cnn1C. The summed E-state index contributed by atoms with van der Waals surface area (Å²) >= 11 is 6.25. The topological polar surface area (TPSA) is 29.9 Å². The fraction of sp³-hybridized carbons (Fsp3) is 0.786. The smallest absolute Gasteiger partial charge is 0.0833 e. The first-order valence-electron chi connectivity index (χ1n) is 6.76. The highest BCUT2D eigenvalue weighted by Crippen LogP contribution is 2.30. The van der Waals surface area contributed by atoms with Crippen LogP contribution in [0, 0.1) is 5.41 Å². The van der Waals surface area contributed by atoms with Crippen LogP contribution in [0.3, 0.4) is 0 Å². The first-order chi connectivity index (χ1) is 8.35. The Kier molecular flexibility index (Phi) is 5.67. The summed E-state index contributed by atoms with van der Waals surface area (Å²) in [4.78, 5) is 0. The molecule has 3 nitrogen and oxygen atoms in total. The van der Waals surface area contributed by atoms with Gasteiger partial charge in [0.05, 0.1) is 23.0 Å². The van der Waals surface area contributed by atoms with Crippen molar-refractivity contribution in [1.29, 1.82) is 0 Å². The summed E-state index contributed by atoms with van der Waals surface area (Å²) in [7, 11) is 1.96. The predicted molar refractivity (Wildman–Crippen MR) is 77.9 cm³/mol. The van der Waals surface area contributed by atoms with Gasteiger partial charge in [0.1, 0.15) is 0 Å². The highest BCUT2D eigenvalue weighted by Gasteiger charge is 2.21. The second kappa shape index (κ2) is 6.58. The van der Waals surface area contributed by atoms with Crippen molar-refractivity contribution in [2.24, 2.45) is 12.5 Å². The van der Waals surface area contributed by atoms with E-state index in [0.29, 0.717) is 11.5 Å². The monoisotopic (exact) mass is 271 g/mol. The van der Waals surface area contributed by atoms with Gasteiger partial charge in [-0.1, -0.05) is 39.3 Å². The molecule has 0 saturated carbocycles. The van der Waals surface area contributed by atoms with E-state index in [1.165, 1.54) is 0 Å². The van der Waals surface area contributed by atoms with E-state index in [1.807, 2.05) is 11.7 Å². The van der Waals surface area contributed by atoms with E-state index in [2.05, 4.69) is 38.1 Å². The molecule has 18 heavy (non-hydrogen) atoms. The molecule has 1 N–H and O–H groups in total. The maximum Gasteiger partial charge on any atom is 0.0833 e. The number of hydrogen-bond acceptors (Lipinski definition) is 2. The van der Waals surface area contributed by atoms with Gasteiger partial charge in [0.2, 0.25) is 0 Å². The summed E-state index contributed by atoms with van der Waals surface area (Å²) in [6.45, 7) is 10.0. The Morgan fingerprint density at radius 2 is 2.11 bits per heavy atom. The van der Waals surface area contributed by atoms with Gasteiger partial charge < -0.3 is 5.32 Å². The first-order valence-corrected chi connectivity index (χ1v) is 7.13. The number of aromatic nitrogens is 2. The number of aryl methyl sites for hydroxylation is 1. The molecule has 0 radical (unpaired) electrons. The lowest BCUT2D eigenvalue weighted by Gasteiger charge is -2.24. The Morgan fingerprint density at radius 1 is 1.44 bits per heavy atom. The number of halogens is 1. The van der Waals surface area contributed by atoms with Crippen LogP contribution >= 0.6 is 11.6 Å². The molecule has 0 amide bonds. The fourth-order valence-corrected chi connectivity index (χ4v) is 2.34. The van der Waals surface area contributed by atoms with Crippen molar-refractivity contribution in [3.63, 3.8) is 0 Å². The Bertz CT molecular complexity index is 346. The molecular weight excluding hydrogens is 246 g/mol. The highest BCUT2D eigenvalue weighted by atomic mass is 35.5. The molecule has 0 bridgehead atoms. The molecule has 0 spiro atoms. The fourth-order valence-electron chi connectivity index (χ4n) is 2.04. The zero-order valence-electron chi connectivity index (χ0n) is 12.3. The van der Waals surface area contributed by atoms with Crippen molar-refractivity contribution in [2.75, 3.05) is 6.54 Å². The van der Waals surface area contributed by atoms with Gasteiger partial charge in [-0.2, -0.15) is 5.10 Å². The van der Waals surface area contributed by atoms with Gasteiger partial charge in [-0.3, -0.25) is 4.68 Å².